The normalized spacial score (nSPS) is 10.6. The van der Waals surface area contributed by atoms with Gasteiger partial charge in [0.1, 0.15) is 12.4 Å². The molecular formula is C12H21N3O4. The largest absolute Gasteiger partial charge is 0.477 e. The first-order valence-corrected chi connectivity index (χ1v) is 6.08. The highest BCUT2D eigenvalue weighted by Crippen LogP contribution is 2.11. The molecule has 7 heteroatoms. The summed E-state index contributed by atoms with van der Waals surface area (Å²) in [4.78, 5) is 8.20. The van der Waals surface area contributed by atoms with Gasteiger partial charge >= 0.3 is 0 Å². The highest BCUT2D eigenvalue weighted by molar-refractivity contribution is 5.32. The van der Waals surface area contributed by atoms with Crippen molar-refractivity contribution in [2.45, 2.75) is 13.0 Å². The summed E-state index contributed by atoms with van der Waals surface area (Å²) in [6, 6.07) is 1.59. The van der Waals surface area contributed by atoms with Gasteiger partial charge in [0.05, 0.1) is 19.8 Å². The summed E-state index contributed by atoms with van der Waals surface area (Å²) >= 11 is 0. The molecule has 0 aliphatic carbocycles. The van der Waals surface area contributed by atoms with E-state index in [-0.39, 0.29) is 0 Å². The molecule has 1 heterocycles. The Balaban J connectivity index is 2.25. The molecule has 7 nitrogen and oxygen atoms in total. The number of hydrogen-bond donors (Lipinski definition) is 1. The van der Waals surface area contributed by atoms with E-state index in [0.717, 1.165) is 6.42 Å². The van der Waals surface area contributed by atoms with E-state index in [0.29, 0.717) is 50.6 Å². The molecule has 0 aliphatic rings. The Morgan fingerprint density at radius 3 is 2.63 bits per heavy atom. The SMILES string of the molecule is COCCOCCCOc1cc(N)nc(COC)n1. The van der Waals surface area contributed by atoms with Gasteiger partial charge in [0.2, 0.25) is 5.88 Å². The van der Waals surface area contributed by atoms with Gasteiger partial charge in [-0.3, -0.25) is 0 Å². The van der Waals surface area contributed by atoms with Gasteiger partial charge in [0, 0.05) is 33.3 Å². The smallest absolute Gasteiger partial charge is 0.218 e. The second-order valence-corrected chi connectivity index (χ2v) is 3.79. The van der Waals surface area contributed by atoms with Gasteiger partial charge in [-0.15, -0.1) is 0 Å². The van der Waals surface area contributed by atoms with Crippen LogP contribution in [0.2, 0.25) is 0 Å². The first-order chi connectivity index (χ1) is 9.26. The van der Waals surface area contributed by atoms with Gasteiger partial charge in [0.25, 0.3) is 0 Å². The Labute approximate surface area is 113 Å². The number of methoxy groups -OCH3 is 2. The lowest BCUT2D eigenvalue weighted by molar-refractivity contribution is 0.0641. The van der Waals surface area contributed by atoms with Gasteiger partial charge in [-0.1, -0.05) is 0 Å². The Kier molecular flexibility index (Phi) is 7.80. The lowest BCUT2D eigenvalue weighted by atomic mass is 10.5. The van der Waals surface area contributed by atoms with Crippen molar-refractivity contribution < 1.29 is 18.9 Å². The third-order valence-electron chi connectivity index (χ3n) is 2.16. The van der Waals surface area contributed by atoms with Crippen molar-refractivity contribution in [3.05, 3.63) is 11.9 Å². The van der Waals surface area contributed by atoms with Crippen LogP contribution >= 0.6 is 0 Å². The maximum atomic E-state index is 5.65. The van der Waals surface area contributed by atoms with E-state index < -0.39 is 0 Å². The Morgan fingerprint density at radius 2 is 1.89 bits per heavy atom. The van der Waals surface area contributed by atoms with Crippen LogP contribution in [-0.4, -0.2) is 50.6 Å². The molecule has 0 aliphatic heterocycles. The molecule has 0 amide bonds. The van der Waals surface area contributed by atoms with Crippen LogP contribution in [0.4, 0.5) is 5.82 Å². The summed E-state index contributed by atoms with van der Waals surface area (Å²) in [5.41, 5.74) is 5.65. The predicted octanol–water partition coefficient (Wildman–Crippen LogP) is 0.637. The number of nitrogens with two attached hydrogens (primary N) is 1. The second kappa shape index (κ2) is 9.48. The maximum Gasteiger partial charge on any atom is 0.218 e. The number of aromatic nitrogens is 2. The minimum absolute atomic E-state index is 0.307. The van der Waals surface area contributed by atoms with Crippen molar-refractivity contribution in [1.82, 2.24) is 9.97 Å². The molecule has 1 rings (SSSR count). The van der Waals surface area contributed by atoms with E-state index in [1.165, 1.54) is 0 Å². The van der Waals surface area contributed by atoms with Gasteiger partial charge in [-0.25, -0.2) is 4.98 Å². The van der Waals surface area contributed by atoms with Crippen molar-refractivity contribution in [3.8, 4) is 5.88 Å². The van der Waals surface area contributed by atoms with Gasteiger partial charge in [-0.2, -0.15) is 4.98 Å². The molecule has 0 unspecified atom stereocenters. The summed E-state index contributed by atoms with van der Waals surface area (Å²) in [7, 11) is 3.22. The molecule has 0 saturated carbocycles. The monoisotopic (exact) mass is 271 g/mol. The zero-order valence-corrected chi connectivity index (χ0v) is 11.4. The average molecular weight is 271 g/mol. The first kappa shape index (κ1) is 15.6. The molecule has 0 aromatic carbocycles. The Hall–Kier alpha value is -1.44. The van der Waals surface area contributed by atoms with Crippen LogP contribution in [0.5, 0.6) is 5.88 Å². The lowest BCUT2D eigenvalue weighted by Gasteiger charge is -2.08. The second-order valence-electron chi connectivity index (χ2n) is 3.79. The van der Waals surface area contributed by atoms with E-state index in [2.05, 4.69) is 9.97 Å². The van der Waals surface area contributed by atoms with Crippen LogP contribution in [0.1, 0.15) is 12.2 Å². The van der Waals surface area contributed by atoms with E-state index in [1.807, 2.05) is 0 Å². The molecule has 108 valence electrons. The van der Waals surface area contributed by atoms with Crippen molar-refractivity contribution in [2.75, 3.05) is 46.4 Å². The van der Waals surface area contributed by atoms with Crippen LogP contribution in [0.15, 0.2) is 6.07 Å². The van der Waals surface area contributed by atoms with E-state index in [9.17, 15) is 0 Å². The third kappa shape index (κ3) is 6.90. The minimum Gasteiger partial charge on any atom is -0.477 e. The summed E-state index contributed by atoms with van der Waals surface area (Å²) < 4.78 is 20.6. The lowest BCUT2D eigenvalue weighted by Crippen LogP contribution is -2.09. The molecule has 0 radical (unpaired) electrons. The fourth-order valence-corrected chi connectivity index (χ4v) is 1.34. The summed E-state index contributed by atoms with van der Waals surface area (Å²) in [5, 5.41) is 0. The highest BCUT2D eigenvalue weighted by atomic mass is 16.5. The Morgan fingerprint density at radius 1 is 1.05 bits per heavy atom. The van der Waals surface area contributed by atoms with Crippen LogP contribution in [0.3, 0.4) is 0 Å². The number of anilines is 1. The van der Waals surface area contributed by atoms with Crippen LogP contribution in [0, 0.1) is 0 Å². The van der Waals surface area contributed by atoms with E-state index >= 15 is 0 Å². The zero-order chi connectivity index (χ0) is 13.9. The molecule has 0 spiro atoms. The number of nitrogens with zero attached hydrogens (tertiary/aromatic N) is 2. The number of hydrogen-bond acceptors (Lipinski definition) is 7. The first-order valence-electron chi connectivity index (χ1n) is 6.08. The number of rotatable bonds is 10. The Bertz CT molecular complexity index is 363. The van der Waals surface area contributed by atoms with Crippen LogP contribution in [0.25, 0.3) is 0 Å². The average Bonchev–Trinajstić information content (AvgIpc) is 2.37. The molecule has 0 atom stereocenters. The van der Waals surface area contributed by atoms with Crippen molar-refractivity contribution >= 4 is 5.82 Å². The topological polar surface area (TPSA) is 88.7 Å². The minimum atomic E-state index is 0.307. The van der Waals surface area contributed by atoms with Crippen LogP contribution < -0.4 is 10.5 Å². The molecule has 19 heavy (non-hydrogen) atoms. The van der Waals surface area contributed by atoms with Gasteiger partial charge in [0.15, 0.2) is 5.82 Å². The van der Waals surface area contributed by atoms with Gasteiger partial charge < -0.3 is 24.7 Å². The van der Waals surface area contributed by atoms with Crippen LogP contribution in [-0.2, 0) is 20.8 Å². The van der Waals surface area contributed by atoms with E-state index in [1.54, 1.807) is 20.3 Å². The van der Waals surface area contributed by atoms with Gasteiger partial charge in [-0.05, 0) is 0 Å². The van der Waals surface area contributed by atoms with Crippen molar-refractivity contribution in [1.29, 1.82) is 0 Å². The number of ether oxygens (including phenoxy) is 4. The molecule has 1 aromatic rings. The maximum absolute atomic E-state index is 5.65. The summed E-state index contributed by atoms with van der Waals surface area (Å²) in [6.07, 6.45) is 0.771. The molecule has 0 bridgehead atoms. The predicted molar refractivity (Wildman–Crippen MR) is 70.0 cm³/mol. The molecule has 1 aromatic heterocycles. The molecule has 0 fully saturated rings. The highest BCUT2D eigenvalue weighted by Gasteiger charge is 2.03. The standard InChI is InChI=1S/C12H21N3O4/c1-16-6-7-18-4-3-5-19-12-8-10(13)14-11(15-12)9-17-2/h8H,3-7,9H2,1-2H3,(H2,13,14,15). The van der Waals surface area contributed by atoms with Crippen molar-refractivity contribution in [2.24, 2.45) is 0 Å². The van der Waals surface area contributed by atoms with E-state index in [4.69, 9.17) is 24.7 Å². The summed E-state index contributed by atoms with van der Waals surface area (Å²) in [5.74, 6) is 1.33. The zero-order valence-electron chi connectivity index (χ0n) is 11.4. The quantitative estimate of drug-likeness (QED) is 0.624. The fraction of sp³-hybridized carbons (Fsp3) is 0.667. The third-order valence-corrected chi connectivity index (χ3v) is 2.16. The van der Waals surface area contributed by atoms with Crippen molar-refractivity contribution in [3.63, 3.8) is 0 Å². The fourth-order valence-electron chi connectivity index (χ4n) is 1.34. The summed E-state index contributed by atoms with van der Waals surface area (Å²) in [6.45, 7) is 2.63. The molecular weight excluding hydrogens is 250 g/mol. The molecule has 2 N–H and O–H groups in total. The molecule has 0 saturated heterocycles. The number of nitrogen functional groups attached to an aromatic ring is 1.